The fraction of sp³-hybridized carbons (Fsp3) is 0.375. The Hall–Kier alpha value is -0.830. The molecule has 0 aliphatic carbocycles. The predicted octanol–water partition coefficient (Wildman–Crippen LogP) is 2.12. The van der Waals surface area contributed by atoms with Gasteiger partial charge in [-0.1, -0.05) is 12.2 Å². The van der Waals surface area contributed by atoms with Crippen LogP contribution in [0.5, 0.6) is 0 Å². The summed E-state index contributed by atoms with van der Waals surface area (Å²) < 4.78 is 0.895. The monoisotopic (exact) mass is 168 g/mol. The molecule has 3 heteroatoms. The van der Waals surface area contributed by atoms with E-state index in [0.717, 1.165) is 15.9 Å². The molecule has 0 aliphatic rings. The lowest BCUT2D eigenvalue weighted by Crippen LogP contribution is -2.11. The highest BCUT2D eigenvalue weighted by Crippen LogP contribution is 2.16. The zero-order valence-electron chi connectivity index (χ0n) is 7.01. The summed E-state index contributed by atoms with van der Waals surface area (Å²) in [7, 11) is 3.98. The van der Waals surface area contributed by atoms with Crippen LogP contribution in [0.3, 0.4) is 0 Å². The van der Waals surface area contributed by atoms with Gasteiger partial charge in [-0.2, -0.15) is 0 Å². The maximum atomic E-state index is 5.15. The van der Waals surface area contributed by atoms with Crippen LogP contribution in [0, 0.1) is 11.4 Å². The lowest BCUT2D eigenvalue weighted by atomic mass is 10.3. The number of aromatic amines is 1. The lowest BCUT2D eigenvalue weighted by molar-refractivity contribution is 1.07. The average Bonchev–Trinajstić information content (AvgIpc) is 1.85. The summed E-state index contributed by atoms with van der Waals surface area (Å²) in [5.41, 5.74) is 2.21. The van der Waals surface area contributed by atoms with Crippen LogP contribution in [-0.2, 0) is 0 Å². The number of H-pyrrole nitrogens is 1. The molecule has 2 nitrogen and oxygen atoms in total. The van der Waals surface area contributed by atoms with Crippen molar-refractivity contribution >= 4 is 17.9 Å². The summed E-state index contributed by atoms with van der Waals surface area (Å²) in [5.74, 6) is 0. The van der Waals surface area contributed by atoms with Gasteiger partial charge in [-0.05, 0) is 13.0 Å². The molecule has 1 N–H and O–H groups in total. The van der Waals surface area contributed by atoms with E-state index in [1.807, 2.05) is 38.2 Å². The van der Waals surface area contributed by atoms with Crippen LogP contribution >= 0.6 is 12.2 Å². The van der Waals surface area contributed by atoms with E-state index in [4.69, 9.17) is 12.2 Å². The molecule has 0 spiro atoms. The molecule has 0 aliphatic heterocycles. The number of nitrogens with one attached hydrogen (secondary N) is 1. The molecule has 0 fully saturated rings. The third-order valence-corrected chi connectivity index (χ3v) is 1.90. The van der Waals surface area contributed by atoms with E-state index < -0.39 is 0 Å². The molecule has 1 aromatic heterocycles. The van der Waals surface area contributed by atoms with Crippen LogP contribution in [-0.4, -0.2) is 19.1 Å². The first-order chi connectivity index (χ1) is 5.13. The Bertz CT molecular complexity index is 301. The molecule has 0 radical (unpaired) electrons. The largest absolute Gasteiger partial charge is 0.375 e. The molecule has 0 bridgehead atoms. The van der Waals surface area contributed by atoms with E-state index >= 15 is 0 Å². The number of pyridine rings is 1. The summed E-state index contributed by atoms with van der Waals surface area (Å²) in [4.78, 5) is 5.14. The average molecular weight is 168 g/mol. The van der Waals surface area contributed by atoms with Crippen molar-refractivity contribution in [3.05, 3.63) is 22.5 Å². The molecule has 60 valence electrons. The van der Waals surface area contributed by atoms with Gasteiger partial charge in [0, 0.05) is 26.0 Å². The molecule has 0 unspecified atom stereocenters. The fourth-order valence-corrected chi connectivity index (χ4v) is 1.53. The Labute approximate surface area is 71.9 Å². The normalized spacial score (nSPS) is 9.73. The molecule has 0 saturated heterocycles. The zero-order valence-corrected chi connectivity index (χ0v) is 7.83. The number of hydrogen-bond acceptors (Lipinski definition) is 2. The number of rotatable bonds is 1. The van der Waals surface area contributed by atoms with Crippen LogP contribution in [0.1, 0.15) is 5.69 Å². The molecule has 0 atom stereocenters. The highest BCUT2D eigenvalue weighted by atomic mass is 32.1. The Morgan fingerprint density at radius 1 is 1.45 bits per heavy atom. The van der Waals surface area contributed by atoms with Gasteiger partial charge in [-0.25, -0.2) is 0 Å². The van der Waals surface area contributed by atoms with E-state index in [-0.39, 0.29) is 0 Å². The van der Waals surface area contributed by atoms with Crippen molar-refractivity contribution < 1.29 is 0 Å². The minimum atomic E-state index is 0.895. The molecular formula is C8H12N2S. The van der Waals surface area contributed by atoms with Crippen molar-refractivity contribution in [3.63, 3.8) is 0 Å². The number of hydrogen-bond donors (Lipinski definition) is 1. The third kappa shape index (κ3) is 1.60. The Balaban J connectivity index is 3.33. The number of aryl methyl sites for hydroxylation is 1. The zero-order chi connectivity index (χ0) is 8.43. The van der Waals surface area contributed by atoms with Gasteiger partial charge in [0.15, 0.2) is 0 Å². The highest BCUT2D eigenvalue weighted by molar-refractivity contribution is 7.71. The van der Waals surface area contributed by atoms with Crippen LogP contribution in [0.15, 0.2) is 12.3 Å². The quantitative estimate of drug-likeness (QED) is 0.648. The van der Waals surface area contributed by atoms with Crippen molar-refractivity contribution in [2.45, 2.75) is 6.92 Å². The Morgan fingerprint density at radius 3 is 2.45 bits per heavy atom. The number of aromatic nitrogens is 1. The van der Waals surface area contributed by atoms with Crippen LogP contribution in [0.4, 0.5) is 5.69 Å². The number of nitrogens with zero attached hydrogens (tertiary/aromatic N) is 1. The van der Waals surface area contributed by atoms with Crippen LogP contribution in [0.25, 0.3) is 0 Å². The second-order valence-corrected chi connectivity index (χ2v) is 3.15. The standard InChI is InChI=1S/C8H12N2S/c1-6-8(10(2)3)7(11)4-5-9-6/h4-5H,1-3H3,(H,9,11). The first-order valence-electron chi connectivity index (χ1n) is 3.48. The SMILES string of the molecule is Cc1[nH]ccc(=S)c1N(C)C. The molecule has 1 rings (SSSR count). The highest BCUT2D eigenvalue weighted by Gasteiger charge is 2.00. The van der Waals surface area contributed by atoms with Crippen molar-refractivity contribution in [2.24, 2.45) is 0 Å². The van der Waals surface area contributed by atoms with Crippen molar-refractivity contribution in [2.75, 3.05) is 19.0 Å². The second-order valence-electron chi connectivity index (χ2n) is 2.71. The summed E-state index contributed by atoms with van der Waals surface area (Å²) >= 11 is 5.15. The Morgan fingerprint density at radius 2 is 2.09 bits per heavy atom. The number of anilines is 1. The van der Waals surface area contributed by atoms with E-state index in [1.165, 1.54) is 0 Å². The maximum Gasteiger partial charge on any atom is 0.0738 e. The molecule has 11 heavy (non-hydrogen) atoms. The van der Waals surface area contributed by atoms with Gasteiger partial charge < -0.3 is 9.88 Å². The topological polar surface area (TPSA) is 19.0 Å². The smallest absolute Gasteiger partial charge is 0.0738 e. The van der Waals surface area contributed by atoms with Gasteiger partial charge >= 0.3 is 0 Å². The van der Waals surface area contributed by atoms with Gasteiger partial charge in [0.25, 0.3) is 0 Å². The first-order valence-corrected chi connectivity index (χ1v) is 3.89. The predicted molar refractivity (Wildman–Crippen MR) is 50.7 cm³/mol. The van der Waals surface area contributed by atoms with Gasteiger partial charge in [-0.3, -0.25) is 0 Å². The maximum absolute atomic E-state index is 5.15. The molecule has 0 amide bonds. The first kappa shape index (κ1) is 8.27. The molecule has 1 aromatic rings. The third-order valence-electron chi connectivity index (χ3n) is 1.57. The lowest BCUT2D eigenvalue weighted by Gasteiger charge is -2.14. The van der Waals surface area contributed by atoms with E-state index in [1.54, 1.807) is 0 Å². The minimum Gasteiger partial charge on any atom is -0.375 e. The minimum absolute atomic E-state index is 0.895. The van der Waals surface area contributed by atoms with Crippen LogP contribution in [0.2, 0.25) is 0 Å². The molecular weight excluding hydrogens is 156 g/mol. The van der Waals surface area contributed by atoms with Gasteiger partial charge in [0.2, 0.25) is 0 Å². The molecule has 1 heterocycles. The van der Waals surface area contributed by atoms with Crippen molar-refractivity contribution in [3.8, 4) is 0 Å². The van der Waals surface area contributed by atoms with Crippen molar-refractivity contribution in [1.29, 1.82) is 0 Å². The van der Waals surface area contributed by atoms with E-state index in [9.17, 15) is 0 Å². The summed E-state index contributed by atoms with van der Waals surface area (Å²) in [6.07, 6.45) is 1.87. The fourth-order valence-electron chi connectivity index (χ4n) is 1.13. The van der Waals surface area contributed by atoms with Crippen LogP contribution < -0.4 is 4.90 Å². The van der Waals surface area contributed by atoms with Gasteiger partial charge in [0.05, 0.1) is 10.2 Å². The molecule has 0 aromatic carbocycles. The summed E-state index contributed by atoms with van der Waals surface area (Å²) in [6.45, 7) is 2.02. The van der Waals surface area contributed by atoms with E-state index in [2.05, 4.69) is 4.98 Å². The van der Waals surface area contributed by atoms with Crippen molar-refractivity contribution in [1.82, 2.24) is 4.98 Å². The van der Waals surface area contributed by atoms with Gasteiger partial charge in [0.1, 0.15) is 0 Å². The summed E-state index contributed by atoms with van der Waals surface area (Å²) in [6, 6.07) is 1.90. The molecule has 0 saturated carbocycles. The van der Waals surface area contributed by atoms with E-state index in [0.29, 0.717) is 0 Å². The second kappa shape index (κ2) is 3.05. The summed E-state index contributed by atoms with van der Waals surface area (Å²) in [5, 5.41) is 0. The Kier molecular flexibility index (Phi) is 2.29. The van der Waals surface area contributed by atoms with Gasteiger partial charge in [-0.15, -0.1) is 0 Å².